The molecule has 0 saturated heterocycles. The lowest BCUT2D eigenvalue weighted by atomic mass is 9.98. The molecule has 1 aromatic heterocycles. The maximum Gasteiger partial charge on any atom is 0.255 e. The van der Waals surface area contributed by atoms with E-state index in [9.17, 15) is 9.59 Å². The number of aromatic nitrogens is 1. The number of carbonyl (C=O) groups is 2. The Morgan fingerprint density at radius 3 is 2.54 bits per heavy atom. The summed E-state index contributed by atoms with van der Waals surface area (Å²) in [7, 11) is 0. The zero-order chi connectivity index (χ0) is 24.2. The molecule has 2 N–H and O–H groups in total. The van der Waals surface area contributed by atoms with E-state index in [4.69, 9.17) is 0 Å². The summed E-state index contributed by atoms with van der Waals surface area (Å²) in [6.07, 6.45) is 9.38. The summed E-state index contributed by atoms with van der Waals surface area (Å²) in [5.74, 6) is 1.27. The monoisotopic (exact) mass is 466 g/mol. The number of pyridine rings is 1. The van der Waals surface area contributed by atoms with E-state index < -0.39 is 0 Å². The topological polar surface area (TPSA) is 74.3 Å². The molecule has 5 rings (SSSR count). The van der Waals surface area contributed by atoms with Gasteiger partial charge in [0.1, 0.15) is 5.82 Å². The van der Waals surface area contributed by atoms with Gasteiger partial charge in [0.25, 0.3) is 11.8 Å². The first-order chi connectivity index (χ1) is 17.1. The minimum Gasteiger partial charge on any atom is -0.353 e. The van der Waals surface area contributed by atoms with Crippen molar-refractivity contribution in [3.8, 4) is 11.1 Å². The van der Waals surface area contributed by atoms with E-state index in [2.05, 4.69) is 32.7 Å². The number of aryl methyl sites for hydroxylation is 1. The Morgan fingerprint density at radius 2 is 1.80 bits per heavy atom. The fraction of sp³-hybridized carbons (Fsp3) is 0.276. The molecule has 1 aliphatic carbocycles. The normalized spacial score (nSPS) is 15.1. The Kier molecular flexibility index (Phi) is 6.62. The fourth-order valence-corrected chi connectivity index (χ4v) is 4.26. The van der Waals surface area contributed by atoms with Gasteiger partial charge in [0.2, 0.25) is 0 Å². The standard InChI is InChI=1S/C29H30N4O2/c1-20-5-12-25(32-29(35)24-13-14-30-27(17-24)33-15-3-2-4-16-33)18-26(20)22-8-10-23(11-9-22)28(34)31-19-21-6-7-21/h2-3,5,8-14,17-18,21H,4,6-7,15-16,19H2,1H3,(H,31,34)(H,32,35). The highest BCUT2D eigenvalue weighted by Gasteiger charge is 2.22. The van der Waals surface area contributed by atoms with Crippen molar-refractivity contribution in [2.45, 2.75) is 26.2 Å². The van der Waals surface area contributed by atoms with Crippen LogP contribution in [-0.2, 0) is 0 Å². The van der Waals surface area contributed by atoms with Crippen molar-refractivity contribution in [1.29, 1.82) is 0 Å². The molecular weight excluding hydrogens is 436 g/mol. The van der Waals surface area contributed by atoms with Crippen LogP contribution in [0.3, 0.4) is 0 Å². The molecule has 6 nitrogen and oxygen atoms in total. The van der Waals surface area contributed by atoms with Gasteiger partial charge in [-0.05, 0) is 85.2 Å². The highest BCUT2D eigenvalue weighted by Crippen LogP contribution is 2.29. The quantitative estimate of drug-likeness (QED) is 0.469. The molecule has 0 bridgehead atoms. The Hall–Kier alpha value is -3.93. The van der Waals surface area contributed by atoms with E-state index in [1.807, 2.05) is 55.5 Å². The van der Waals surface area contributed by atoms with Gasteiger partial charge in [0.15, 0.2) is 0 Å². The van der Waals surface area contributed by atoms with Gasteiger partial charge >= 0.3 is 0 Å². The Bertz CT molecular complexity index is 1260. The molecular formula is C29H30N4O2. The molecule has 1 saturated carbocycles. The minimum absolute atomic E-state index is 0.0292. The molecule has 6 heteroatoms. The van der Waals surface area contributed by atoms with Gasteiger partial charge in [-0.2, -0.15) is 0 Å². The van der Waals surface area contributed by atoms with Crippen molar-refractivity contribution in [3.05, 3.63) is 89.6 Å². The fourth-order valence-electron chi connectivity index (χ4n) is 4.26. The third-order valence-corrected chi connectivity index (χ3v) is 6.59. The molecule has 1 fully saturated rings. The summed E-state index contributed by atoms with van der Waals surface area (Å²) in [4.78, 5) is 32.0. The zero-order valence-electron chi connectivity index (χ0n) is 20.0. The van der Waals surface area contributed by atoms with Crippen molar-refractivity contribution in [2.24, 2.45) is 5.92 Å². The van der Waals surface area contributed by atoms with Gasteiger partial charge in [-0.3, -0.25) is 9.59 Å². The third kappa shape index (κ3) is 5.60. The van der Waals surface area contributed by atoms with Gasteiger partial charge in [0.05, 0.1) is 0 Å². The molecule has 2 aromatic carbocycles. The predicted octanol–water partition coefficient (Wildman–Crippen LogP) is 5.22. The van der Waals surface area contributed by atoms with E-state index in [0.29, 0.717) is 17.0 Å². The number of benzene rings is 2. The Balaban J connectivity index is 1.29. The van der Waals surface area contributed by atoms with Crippen LogP contribution in [0, 0.1) is 12.8 Å². The lowest BCUT2D eigenvalue weighted by Gasteiger charge is -2.24. The predicted molar refractivity (Wildman–Crippen MR) is 140 cm³/mol. The molecule has 3 aromatic rings. The summed E-state index contributed by atoms with van der Waals surface area (Å²) >= 11 is 0. The summed E-state index contributed by atoms with van der Waals surface area (Å²) in [6.45, 7) is 4.51. The number of anilines is 2. The van der Waals surface area contributed by atoms with E-state index in [1.165, 1.54) is 12.8 Å². The van der Waals surface area contributed by atoms with Crippen molar-refractivity contribution in [3.63, 3.8) is 0 Å². The van der Waals surface area contributed by atoms with Crippen molar-refractivity contribution in [1.82, 2.24) is 10.3 Å². The first-order valence-corrected chi connectivity index (χ1v) is 12.2. The van der Waals surface area contributed by atoms with Gasteiger partial charge in [-0.15, -0.1) is 0 Å². The van der Waals surface area contributed by atoms with E-state index >= 15 is 0 Å². The van der Waals surface area contributed by atoms with E-state index in [-0.39, 0.29) is 11.8 Å². The summed E-state index contributed by atoms with van der Waals surface area (Å²) in [6, 6.07) is 17.1. The molecule has 0 spiro atoms. The van der Waals surface area contributed by atoms with Crippen LogP contribution >= 0.6 is 0 Å². The van der Waals surface area contributed by atoms with Crippen molar-refractivity contribution >= 4 is 23.3 Å². The molecule has 2 aliphatic rings. The molecule has 178 valence electrons. The molecule has 35 heavy (non-hydrogen) atoms. The van der Waals surface area contributed by atoms with Crippen LogP contribution < -0.4 is 15.5 Å². The summed E-state index contributed by atoms with van der Waals surface area (Å²) < 4.78 is 0. The second-order valence-corrected chi connectivity index (χ2v) is 9.32. The van der Waals surface area contributed by atoms with Gasteiger partial charge in [-0.25, -0.2) is 4.98 Å². The highest BCUT2D eigenvalue weighted by molar-refractivity contribution is 6.05. The lowest BCUT2D eigenvalue weighted by Crippen LogP contribution is -2.28. The van der Waals surface area contributed by atoms with E-state index in [0.717, 1.165) is 54.3 Å². The van der Waals surface area contributed by atoms with Crippen LogP contribution in [0.25, 0.3) is 11.1 Å². The maximum absolute atomic E-state index is 13.0. The number of nitrogens with zero attached hydrogens (tertiary/aromatic N) is 2. The third-order valence-electron chi connectivity index (χ3n) is 6.59. The number of hydrogen-bond donors (Lipinski definition) is 2. The van der Waals surface area contributed by atoms with E-state index in [1.54, 1.807) is 12.3 Å². The molecule has 1 aliphatic heterocycles. The largest absolute Gasteiger partial charge is 0.353 e. The average Bonchev–Trinajstić information content (AvgIpc) is 3.74. The smallest absolute Gasteiger partial charge is 0.255 e. The Morgan fingerprint density at radius 1 is 0.971 bits per heavy atom. The average molecular weight is 467 g/mol. The number of amides is 2. The SMILES string of the molecule is Cc1ccc(NC(=O)c2ccnc(N3CC=CCC3)c2)cc1-c1ccc(C(=O)NCC2CC2)cc1. The molecule has 2 heterocycles. The lowest BCUT2D eigenvalue weighted by molar-refractivity contribution is 0.0951. The van der Waals surface area contributed by atoms with Crippen LogP contribution in [0.4, 0.5) is 11.5 Å². The van der Waals surface area contributed by atoms with Crippen molar-refractivity contribution < 1.29 is 9.59 Å². The van der Waals surface area contributed by atoms with Crippen LogP contribution in [0.15, 0.2) is 72.9 Å². The number of nitrogens with one attached hydrogen (secondary N) is 2. The number of carbonyl (C=O) groups excluding carboxylic acids is 2. The molecule has 0 radical (unpaired) electrons. The van der Waals surface area contributed by atoms with Gasteiger partial charge in [-0.1, -0.05) is 30.4 Å². The Labute approximate surface area is 206 Å². The molecule has 0 atom stereocenters. The highest BCUT2D eigenvalue weighted by atomic mass is 16.2. The van der Waals surface area contributed by atoms with Crippen LogP contribution in [0.1, 0.15) is 45.5 Å². The second-order valence-electron chi connectivity index (χ2n) is 9.32. The first-order valence-electron chi connectivity index (χ1n) is 12.2. The van der Waals surface area contributed by atoms with Crippen LogP contribution in [-0.4, -0.2) is 36.4 Å². The summed E-state index contributed by atoms with van der Waals surface area (Å²) in [5.41, 5.74) is 5.08. The summed E-state index contributed by atoms with van der Waals surface area (Å²) in [5, 5.41) is 6.03. The first kappa shape index (κ1) is 22.8. The second kappa shape index (κ2) is 10.1. The minimum atomic E-state index is -0.168. The number of rotatable bonds is 7. The number of hydrogen-bond acceptors (Lipinski definition) is 4. The zero-order valence-corrected chi connectivity index (χ0v) is 20.0. The van der Waals surface area contributed by atoms with Gasteiger partial charge in [0, 0.05) is 42.6 Å². The maximum atomic E-state index is 13.0. The van der Waals surface area contributed by atoms with Crippen LogP contribution in [0.2, 0.25) is 0 Å². The van der Waals surface area contributed by atoms with Crippen LogP contribution in [0.5, 0.6) is 0 Å². The van der Waals surface area contributed by atoms with Gasteiger partial charge < -0.3 is 15.5 Å². The molecule has 2 amide bonds. The molecule has 0 unspecified atom stereocenters. The van der Waals surface area contributed by atoms with Crippen molar-refractivity contribution in [2.75, 3.05) is 29.9 Å².